The van der Waals surface area contributed by atoms with E-state index < -0.39 is 10.8 Å². The van der Waals surface area contributed by atoms with Crippen LogP contribution in [0.2, 0.25) is 0 Å². The predicted octanol–water partition coefficient (Wildman–Crippen LogP) is 9.64. The maximum atomic E-state index is 14.2. The molecule has 0 bridgehead atoms. The van der Waals surface area contributed by atoms with Gasteiger partial charge >= 0.3 is 0 Å². The fourth-order valence-electron chi connectivity index (χ4n) is 9.80. The molecule has 228 valence electrons. The first kappa shape index (κ1) is 26.7. The van der Waals surface area contributed by atoms with Gasteiger partial charge in [-0.1, -0.05) is 152 Å². The van der Waals surface area contributed by atoms with E-state index in [0.717, 1.165) is 83.8 Å². The van der Waals surface area contributed by atoms with Gasteiger partial charge in [-0.25, -0.2) is 0 Å². The molecule has 0 aromatic heterocycles. The highest BCUT2D eigenvalue weighted by Crippen LogP contribution is 2.67. The Labute approximate surface area is 283 Å². The summed E-state index contributed by atoms with van der Waals surface area (Å²) in [5, 5.41) is 0. The summed E-state index contributed by atoms with van der Waals surface area (Å²) in [4.78, 5) is 30.9. The molecule has 49 heavy (non-hydrogen) atoms. The van der Waals surface area contributed by atoms with Crippen LogP contribution >= 0.6 is 0 Å². The van der Waals surface area contributed by atoms with E-state index in [1.807, 2.05) is 48.5 Å². The van der Waals surface area contributed by atoms with Crippen molar-refractivity contribution in [3.05, 3.63) is 231 Å². The number of ketones is 2. The van der Waals surface area contributed by atoms with E-state index in [9.17, 15) is 9.59 Å². The molecule has 7 aromatic rings. The fraction of sp³-hybridized carbons (Fsp3) is 0.0435. The van der Waals surface area contributed by atoms with Crippen LogP contribution in [0.25, 0.3) is 0 Å². The molecule has 2 aliphatic carbocycles. The first-order valence-electron chi connectivity index (χ1n) is 16.8. The van der Waals surface area contributed by atoms with Gasteiger partial charge in [-0.3, -0.25) is 9.59 Å². The molecule has 7 aromatic carbocycles. The predicted molar refractivity (Wildman–Crippen MR) is 192 cm³/mol. The van der Waals surface area contributed by atoms with Crippen LogP contribution in [-0.2, 0) is 10.8 Å². The lowest BCUT2D eigenvalue weighted by Crippen LogP contribution is -2.47. The van der Waals surface area contributed by atoms with E-state index in [2.05, 4.69) is 120 Å². The first-order valence-corrected chi connectivity index (χ1v) is 16.8. The number of carbonyl (C=O) groups excluding carboxylic acids is 2. The van der Waals surface area contributed by atoms with Gasteiger partial charge < -0.3 is 4.90 Å². The number of para-hydroxylation sites is 3. The molecule has 0 fully saturated rings. The standard InChI is InChI=1S/C46H27NO2/c48-43-28-14-1-5-18-32(28)45(33-19-6-2-15-29(33)43)36-22-9-11-26-40(36)47-41-27-12-10-23-37(41)46(39-25-13-24-38(45)42(39)47)34-20-7-3-16-30(34)44(49)31-17-4-8-21-35(31)46/h1-27H. The largest absolute Gasteiger partial charge is 0.309 e. The zero-order valence-corrected chi connectivity index (χ0v) is 26.4. The van der Waals surface area contributed by atoms with Gasteiger partial charge in [-0.15, -0.1) is 0 Å². The Hall–Kier alpha value is -6.32. The molecule has 2 spiro atoms. The summed E-state index contributed by atoms with van der Waals surface area (Å²) in [5.41, 5.74) is 13.1. The van der Waals surface area contributed by atoms with Crippen LogP contribution in [0.3, 0.4) is 0 Å². The average molecular weight is 626 g/mol. The minimum atomic E-state index is -0.767. The van der Waals surface area contributed by atoms with Gasteiger partial charge in [-0.2, -0.15) is 0 Å². The molecule has 0 atom stereocenters. The fourth-order valence-corrected chi connectivity index (χ4v) is 9.80. The zero-order valence-electron chi connectivity index (χ0n) is 26.4. The number of fused-ring (bicyclic) bond motifs is 16. The Morgan fingerprint density at radius 2 is 0.592 bits per heavy atom. The number of hydrogen-bond donors (Lipinski definition) is 0. The zero-order chi connectivity index (χ0) is 32.5. The normalized spacial score (nSPS) is 16.1. The lowest BCUT2D eigenvalue weighted by molar-refractivity contribution is 0.102. The van der Waals surface area contributed by atoms with Crippen molar-refractivity contribution in [2.75, 3.05) is 4.90 Å². The number of nitrogens with zero attached hydrogens (tertiary/aromatic N) is 1. The van der Waals surface area contributed by atoms with Crippen LogP contribution in [0.4, 0.5) is 17.1 Å². The van der Waals surface area contributed by atoms with Gasteiger partial charge in [0.2, 0.25) is 0 Å². The summed E-state index contributed by atoms with van der Waals surface area (Å²) >= 11 is 0. The molecule has 3 heteroatoms. The van der Waals surface area contributed by atoms with Crippen molar-refractivity contribution < 1.29 is 9.59 Å². The highest BCUT2D eigenvalue weighted by Gasteiger charge is 2.57. The van der Waals surface area contributed by atoms with Crippen molar-refractivity contribution in [1.82, 2.24) is 0 Å². The molecular formula is C46H27NO2. The number of hydrogen-bond acceptors (Lipinski definition) is 3. The van der Waals surface area contributed by atoms with E-state index in [-0.39, 0.29) is 11.6 Å². The monoisotopic (exact) mass is 625 g/mol. The molecule has 11 rings (SSSR count). The van der Waals surface area contributed by atoms with Crippen molar-refractivity contribution in [3.8, 4) is 0 Å². The summed E-state index contributed by atoms with van der Waals surface area (Å²) in [5.74, 6) is 0.106. The molecule has 0 unspecified atom stereocenters. The Balaban J connectivity index is 1.39. The van der Waals surface area contributed by atoms with Crippen LogP contribution in [-0.4, -0.2) is 11.6 Å². The molecule has 0 N–H and O–H groups in total. The summed E-state index contributed by atoms with van der Waals surface area (Å²) in [6.45, 7) is 0. The summed E-state index contributed by atoms with van der Waals surface area (Å²) in [7, 11) is 0. The molecule has 0 saturated heterocycles. The second-order valence-corrected chi connectivity index (χ2v) is 13.4. The van der Waals surface area contributed by atoms with Gasteiger partial charge in [0.25, 0.3) is 0 Å². The molecule has 2 heterocycles. The lowest BCUT2D eigenvalue weighted by Gasteiger charge is -2.55. The van der Waals surface area contributed by atoms with Gasteiger partial charge in [0.05, 0.1) is 27.9 Å². The first-order chi connectivity index (χ1) is 24.2. The Bertz CT molecular complexity index is 2350. The van der Waals surface area contributed by atoms with E-state index in [1.165, 1.54) is 0 Å². The quantitative estimate of drug-likeness (QED) is 0.168. The topological polar surface area (TPSA) is 37.4 Å². The molecule has 0 radical (unpaired) electrons. The SMILES string of the molecule is O=C1c2ccccc2C2(c3ccccc31)c1ccccc1N1c3ccccc3C3(c4ccccc4C(=O)c4ccccc43)c3cccc2c31. The summed E-state index contributed by atoms with van der Waals surface area (Å²) in [6.07, 6.45) is 0. The summed E-state index contributed by atoms with van der Waals surface area (Å²) < 4.78 is 0. The highest BCUT2D eigenvalue weighted by molar-refractivity contribution is 6.16. The number of anilines is 3. The van der Waals surface area contributed by atoms with Crippen molar-refractivity contribution in [2.45, 2.75) is 10.8 Å². The summed E-state index contributed by atoms with van der Waals surface area (Å²) in [6, 6.07) is 56.7. The number of rotatable bonds is 0. The minimum Gasteiger partial charge on any atom is -0.309 e. The minimum absolute atomic E-state index is 0.0528. The van der Waals surface area contributed by atoms with E-state index >= 15 is 0 Å². The number of benzene rings is 7. The average Bonchev–Trinajstić information content (AvgIpc) is 3.17. The van der Waals surface area contributed by atoms with E-state index in [1.54, 1.807) is 0 Å². The third-order valence-corrected chi connectivity index (χ3v) is 11.5. The van der Waals surface area contributed by atoms with Crippen LogP contribution in [0.15, 0.2) is 164 Å². The Morgan fingerprint density at radius 3 is 0.959 bits per heavy atom. The second kappa shape index (κ2) is 9.18. The van der Waals surface area contributed by atoms with Crippen molar-refractivity contribution in [3.63, 3.8) is 0 Å². The third kappa shape index (κ3) is 2.93. The van der Waals surface area contributed by atoms with Crippen LogP contribution in [0, 0.1) is 0 Å². The molecular weight excluding hydrogens is 599 g/mol. The molecule has 3 nitrogen and oxygen atoms in total. The van der Waals surface area contributed by atoms with Crippen LogP contribution in [0.5, 0.6) is 0 Å². The molecule has 4 aliphatic rings. The second-order valence-electron chi connectivity index (χ2n) is 13.4. The van der Waals surface area contributed by atoms with Gasteiger partial charge in [-0.05, 0) is 56.6 Å². The maximum Gasteiger partial charge on any atom is 0.193 e. The van der Waals surface area contributed by atoms with Crippen LogP contribution in [0.1, 0.15) is 76.4 Å². The molecule has 0 amide bonds. The van der Waals surface area contributed by atoms with Crippen molar-refractivity contribution >= 4 is 28.6 Å². The van der Waals surface area contributed by atoms with Gasteiger partial charge in [0.15, 0.2) is 11.6 Å². The van der Waals surface area contributed by atoms with Crippen LogP contribution < -0.4 is 4.90 Å². The molecule has 2 aliphatic heterocycles. The van der Waals surface area contributed by atoms with Gasteiger partial charge in [0.1, 0.15) is 0 Å². The lowest BCUT2D eigenvalue weighted by atomic mass is 9.53. The molecule has 0 saturated carbocycles. The van der Waals surface area contributed by atoms with E-state index in [0.29, 0.717) is 0 Å². The van der Waals surface area contributed by atoms with E-state index in [4.69, 9.17) is 0 Å². The van der Waals surface area contributed by atoms with Gasteiger partial charge in [0, 0.05) is 22.3 Å². The van der Waals surface area contributed by atoms with Crippen molar-refractivity contribution in [2.24, 2.45) is 0 Å². The maximum absolute atomic E-state index is 14.2. The number of carbonyl (C=O) groups is 2. The third-order valence-electron chi connectivity index (χ3n) is 11.5. The smallest absolute Gasteiger partial charge is 0.193 e. The Kier molecular flexibility index (Phi) is 5.01. The van der Waals surface area contributed by atoms with Crippen molar-refractivity contribution in [1.29, 1.82) is 0 Å². The Morgan fingerprint density at radius 1 is 0.306 bits per heavy atom. The highest BCUT2D eigenvalue weighted by atomic mass is 16.1.